The molecule has 1 unspecified atom stereocenters. The lowest BCUT2D eigenvalue weighted by Crippen LogP contribution is -2.17. The van der Waals surface area contributed by atoms with Crippen molar-refractivity contribution in [1.29, 1.82) is 0 Å². The van der Waals surface area contributed by atoms with Crippen molar-refractivity contribution in [2.45, 2.75) is 30.4 Å². The van der Waals surface area contributed by atoms with E-state index in [4.69, 9.17) is 9.52 Å². The summed E-state index contributed by atoms with van der Waals surface area (Å²) in [6, 6.07) is 8.13. The van der Waals surface area contributed by atoms with Gasteiger partial charge in [0.05, 0.1) is 26.5 Å². The molecule has 2 aromatic carbocycles. The molecular formula is C18H16O6S. The average molecular weight is 360 g/mol. The number of hydrogen-bond acceptors (Lipinski definition) is 5. The van der Waals surface area contributed by atoms with Gasteiger partial charge in [-0.3, -0.25) is 4.79 Å². The zero-order valence-electron chi connectivity index (χ0n) is 13.6. The number of carboxylic acid groups (broad SMARTS) is 1. The molecule has 0 saturated heterocycles. The molecule has 0 bridgehead atoms. The molecule has 3 rings (SSSR count). The summed E-state index contributed by atoms with van der Waals surface area (Å²) in [6.07, 6.45) is 0.472. The maximum atomic E-state index is 12.6. The summed E-state index contributed by atoms with van der Waals surface area (Å²) in [6.45, 7) is 3.42. The number of carbonyl (C=O) groups is 1. The summed E-state index contributed by atoms with van der Waals surface area (Å²) in [7, 11) is -3.50. The van der Waals surface area contributed by atoms with E-state index in [1.165, 1.54) is 36.4 Å². The Morgan fingerprint density at radius 3 is 2.48 bits per heavy atom. The highest BCUT2D eigenvalue weighted by Gasteiger charge is 2.23. The number of fused-ring (bicyclic) bond motifs is 2. The molecule has 0 aliphatic rings. The standard InChI is InChI=1S/C18H16O6S/c1-3-10(2)25(22,23)12-5-6-13-16(9-12)24-15-7-4-11(18(20)21)8-14(15)17(13)19/h4-10H,3H2,1-2H3,(H,20,21). The van der Waals surface area contributed by atoms with E-state index in [2.05, 4.69) is 0 Å². The van der Waals surface area contributed by atoms with Gasteiger partial charge in [0.25, 0.3) is 0 Å². The Balaban J connectivity index is 2.29. The zero-order chi connectivity index (χ0) is 18.4. The highest BCUT2D eigenvalue weighted by Crippen LogP contribution is 2.25. The van der Waals surface area contributed by atoms with Gasteiger partial charge in [-0.1, -0.05) is 6.92 Å². The third kappa shape index (κ3) is 2.80. The Kier molecular flexibility index (Phi) is 4.12. The molecule has 7 heteroatoms. The van der Waals surface area contributed by atoms with Gasteiger partial charge in [-0.2, -0.15) is 0 Å². The van der Waals surface area contributed by atoms with Gasteiger partial charge in [0.15, 0.2) is 9.84 Å². The summed E-state index contributed by atoms with van der Waals surface area (Å²) in [5, 5.41) is 8.85. The Morgan fingerprint density at radius 1 is 1.12 bits per heavy atom. The van der Waals surface area contributed by atoms with Crippen molar-refractivity contribution in [3.05, 3.63) is 52.2 Å². The first-order valence-electron chi connectivity index (χ1n) is 7.73. The number of aromatic carboxylic acids is 1. The predicted octanol–water partition coefficient (Wildman–Crippen LogP) is 3.22. The van der Waals surface area contributed by atoms with Crippen molar-refractivity contribution in [2.75, 3.05) is 0 Å². The minimum Gasteiger partial charge on any atom is -0.478 e. The smallest absolute Gasteiger partial charge is 0.335 e. The summed E-state index contributed by atoms with van der Waals surface area (Å²) >= 11 is 0. The highest BCUT2D eigenvalue weighted by molar-refractivity contribution is 7.92. The second kappa shape index (κ2) is 6.00. The van der Waals surface area contributed by atoms with Crippen molar-refractivity contribution in [2.24, 2.45) is 0 Å². The molecule has 25 heavy (non-hydrogen) atoms. The van der Waals surface area contributed by atoms with Crippen LogP contribution in [0.4, 0.5) is 0 Å². The lowest BCUT2D eigenvalue weighted by Gasteiger charge is -2.11. The molecule has 0 fully saturated rings. The Morgan fingerprint density at radius 2 is 1.84 bits per heavy atom. The Labute approximate surface area is 143 Å². The van der Waals surface area contributed by atoms with Gasteiger partial charge in [0.1, 0.15) is 11.2 Å². The van der Waals surface area contributed by atoms with E-state index in [9.17, 15) is 18.0 Å². The quantitative estimate of drug-likeness (QED) is 0.717. The summed E-state index contributed by atoms with van der Waals surface area (Å²) in [5.74, 6) is -1.14. The first-order valence-corrected chi connectivity index (χ1v) is 9.28. The third-order valence-electron chi connectivity index (χ3n) is 4.32. The first-order chi connectivity index (χ1) is 11.8. The molecule has 0 spiro atoms. The molecular weight excluding hydrogens is 344 g/mol. The van der Waals surface area contributed by atoms with Crippen LogP contribution in [0.1, 0.15) is 30.6 Å². The maximum absolute atomic E-state index is 12.6. The fraction of sp³-hybridized carbons (Fsp3) is 0.222. The fourth-order valence-corrected chi connectivity index (χ4v) is 4.03. The molecule has 0 radical (unpaired) electrons. The summed E-state index contributed by atoms with van der Waals surface area (Å²) in [5.41, 5.74) is -0.0486. The number of hydrogen-bond donors (Lipinski definition) is 1. The van der Waals surface area contributed by atoms with Gasteiger partial charge in [-0.25, -0.2) is 13.2 Å². The zero-order valence-corrected chi connectivity index (χ0v) is 14.5. The maximum Gasteiger partial charge on any atom is 0.335 e. The third-order valence-corrected chi connectivity index (χ3v) is 6.63. The van der Waals surface area contributed by atoms with Gasteiger partial charge in [-0.05, 0) is 43.7 Å². The van der Waals surface area contributed by atoms with Crippen molar-refractivity contribution in [3.8, 4) is 0 Å². The van der Waals surface area contributed by atoms with E-state index in [1.807, 2.05) is 0 Å². The van der Waals surface area contributed by atoms with E-state index in [0.717, 1.165) is 0 Å². The van der Waals surface area contributed by atoms with Crippen LogP contribution in [0.15, 0.2) is 50.5 Å². The monoisotopic (exact) mass is 360 g/mol. The fourth-order valence-electron chi connectivity index (χ4n) is 2.60. The molecule has 1 aromatic heterocycles. The molecule has 1 N–H and O–H groups in total. The first kappa shape index (κ1) is 17.2. The van der Waals surface area contributed by atoms with Crippen LogP contribution in [-0.4, -0.2) is 24.7 Å². The topological polar surface area (TPSA) is 102 Å². The van der Waals surface area contributed by atoms with Gasteiger partial charge >= 0.3 is 5.97 Å². The molecule has 6 nitrogen and oxygen atoms in total. The van der Waals surface area contributed by atoms with Crippen LogP contribution in [0.3, 0.4) is 0 Å². The van der Waals surface area contributed by atoms with Crippen LogP contribution in [0.2, 0.25) is 0 Å². The molecule has 130 valence electrons. The van der Waals surface area contributed by atoms with Crippen LogP contribution in [0.5, 0.6) is 0 Å². The molecule has 0 aliphatic heterocycles. The second-order valence-electron chi connectivity index (χ2n) is 5.87. The summed E-state index contributed by atoms with van der Waals surface area (Å²) < 4.78 is 30.6. The van der Waals surface area contributed by atoms with Crippen molar-refractivity contribution in [1.82, 2.24) is 0 Å². The minimum atomic E-state index is -3.50. The Hall–Kier alpha value is -2.67. The van der Waals surface area contributed by atoms with Crippen LogP contribution >= 0.6 is 0 Å². The van der Waals surface area contributed by atoms with Gasteiger partial charge in [0, 0.05) is 6.07 Å². The van der Waals surface area contributed by atoms with Crippen molar-refractivity contribution < 1.29 is 22.7 Å². The van der Waals surface area contributed by atoms with E-state index < -0.39 is 26.5 Å². The van der Waals surface area contributed by atoms with E-state index in [0.29, 0.717) is 6.42 Å². The SMILES string of the molecule is CCC(C)S(=O)(=O)c1ccc2c(=O)c3cc(C(=O)O)ccc3oc2c1. The number of rotatable bonds is 4. The van der Waals surface area contributed by atoms with Crippen LogP contribution in [-0.2, 0) is 9.84 Å². The second-order valence-corrected chi connectivity index (χ2v) is 8.24. The summed E-state index contributed by atoms with van der Waals surface area (Å²) in [4.78, 5) is 23.8. The van der Waals surface area contributed by atoms with Gasteiger partial charge < -0.3 is 9.52 Å². The average Bonchev–Trinajstić information content (AvgIpc) is 2.60. The lowest BCUT2D eigenvalue weighted by atomic mass is 10.1. The van der Waals surface area contributed by atoms with E-state index in [1.54, 1.807) is 13.8 Å². The number of sulfone groups is 1. The normalized spacial score (nSPS) is 13.2. The highest BCUT2D eigenvalue weighted by atomic mass is 32.2. The number of benzene rings is 2. The largest absolute Gasteiger partial charge is 0.478 e. The molecule has 1 heterocycles. The van der Waals surface area contributed by atoms with Gasteiger partial charge in [0.2, 0.25) is 5.43 Å². The lowest BCUT2D eigenvalue weighted by molar-refractivity contribution is 0.0697. The van der Waals surface area contributed by atoms with E-state index >= 15 is 0 Å². The Bertz CT molecular complexity index is 1160. The van der Waals surface area contributed by atoms with E-state index in [-0.39, 0.29) is 32.4 Å². The molecule has 0 aliphatic carbocycles. The van der Waals surface area contributed by atoms with Crippen molar-refractivity contribution in [3.63, 3.8) is 0 Å². The molecule has 1 atom stereocenters. The molecule has 0 amide bonds. The van der Waals surface area contributed by atoms with Crippen molar-refractivity contribution >= 4 is 37.7 Å². The van der Waals surface area contributed by atoms with Crippen LogP contribution in [0.25, 0.3) is 21.9 Å². The molecule has 3 aromatic rings. The van der Waals surface area contributed by atoms with Crippen LogP contribution < -0.4 is 5.43 Å². The predicted molar refractivity (Wildman–Crippen MR) is 93.9 cm³/mol. The number of carboxylic acids is 1. The van der Waals surface area contributed by atoms with Gasteiger partial charge in [-0.15, -0.1) is 0 Å². The van der Waals surface area contributed by atoms with Crippen LogP contribution in [0, 0.1) is 0 Å². The minimum absolute atomic E-state index is 0.0184. The molecule has 0 saturated carbocycles.